The van der Waals surface area contributed by atoms with Crippen molar-refractivity contribution in [2.45, 2.75) is 32.9 Å². The van der Waals surface area contributed by atoms with Crippen LogP contribution in [0.4, 0.5) is 10.1 Å². The molecule has 0 aliphatic carbocycles. The summed E-state index contributed by atoms with van der Waals surface area (Å²) in [5, 5.41) is 11.4. The van der Waals surface area contributed by atoms with Crippen LogP contribution in [0.1, 0.15) is 42.1 Å². The number of ether oxygens (including phenoxy) is 1. The van der Waals surface area contributed by atoms with E-state index in [1.807, 2.05) is 30.3 Å². The molecule has 7 heteroatoms. The average molecular weight is 501 g/mol. The number of carbonyl (C=O) groups excluding carboxylic acids is 2. The topological polar surface area (TPSA) is 70.1 Å². The molecule has 1 atom stereocenters. The van der Waals surface area contributed by atoms with Crippen molar-refractivity contribution >= 4 is 23.1 Å². The normalized spacial score (nSPS) is 18.1. The molecule has 1 fully saturated rings. The number of hydrogen-bond donors (Lipinski definition) is 1. The largest absolute Gasteiger partial charge is 0.507 e. The van der Waals surface area contributed by atoms with Crippen LogP contribution in [-0.4, -0.2) is 41.4 Å². The van der Waals surface area contributed by atoms with Gasteiger partial charge in [0.2, 0.25) is 0 Å². The first-order valence-corrected chi connectivity index (χ1v) is 12.5. The van der Waals surface area contributed by atoms with Gasteiger partial charge in [-0.25, -0.2) is 4.39 Å². The average Bonchev–Trinajstić information content (AvgIpc) is 3.48. The summed E-state index contributed by atoms with van der Waals surface area (Å²) in [4.78, 5) is 30.3. The molecule has 2 heterocycles. The van der Waals surface area contributed by atoms with Crippen LogP contribution >= 0.6 is 0 Å². The maximum absolute atomic E-state index is 13.5. The number of aliphatic hydroxyl groups is 1. The van der Waals surface area contributed by atoms with Crippen molar-refractivity contribution in [3.05, 3.63) is 100 Å². The number of carbonyl (C=O) groups is 2. The van der Waals surface area contributed by atoms with Crippen LogP contribution < -0.4 is 9.64 Å². The number of nitrogens with zero attached hydrogens (tertiary/aromatic N) is 2. The van der Waals surface area contributed by atoms with Crippen molar-refractivity contribution in [3.63, 3.8) is 0 Å². The van der Waals surface area contributed by atoms with Crippen LogP contribution in [0.2, 0.25) is 0 Å². The highest BCUT2D eigenvalue weighted by Gasteiger charge is 2.46. The molecule has 1 unspecified atom stereocenters. The van der Waals surface area contributed by atoms with Crippen molar-refractivity contribution in [2.75, 3.05) is 24.6 Å². The van der Waals surface area contributed by atoms with E-state index < -0.39 is 17.7 Å². The summed E-state index contributed by atoms with van der Waals surface area (Å²) in [6, 6.07) is 18.1. The molecule has 0 spiro atoms. The molecule has 3 aromatic rings. The second kappa shape index (κ2) is 10.1. The van der Waals surface area contributed by atoms with Gasteiger partial charge in [-0.3, -0.25) is 9.59 Å². The van der Waals surface area contributed by atoms with E-state index in [9.17, 15) is 19.1 Å². The third-order valence-electron chi connectivity index (χ3n) is 7.11. The number of hydrogen-bond acceptors (Lipinski definition) is 5. The number of amides is 1. The van der Waals surface area contributed by atoms with E-state index in [4.69, 9.17) is 4.74 Å². The predicted molar refractivity (Wildman–Crippen MR) is 140 cm³/mol. The van der Waals surface area contributed by atoms with Gasteiger partial charge in [-0.05, 0) is 73.0 Å². The summed E-state index contributed by atoms with van der Waals surface area (Å²) < 4.78 is 19.1. The molecule has 1 N–H and O–H groups in total. The van der Waals surface area contributed by atoms with E-state index in [0.717, 1.165) is 30.1 Å². The molecule has 190 valence electrons. The number of aliphatic hydroxyl groups excluding tert-OH is 1. The molecule has 1 saturated heterocycles. The number of benzene rings is 3. The molecule has 3 aromatic carbocycles. The van der Waals surface area contributed by atoms with Crippen molar-refractivity contribution < 1.29 is 23.8 Å². The summed E-state index contributed by atoms with van der Waals surface area (Å²) >= 11 is 0. The Morgan fingerprint density at radius 3 is 2.41 bits per heavy atom. The van der Waals surface area contributed by atoms with Crippen LogP contribution in [0, 0.1) is 5.82 Å². The highest BCUT2D eigenvalue weighted by molar-refractivity contribution is 6.46. The summed E-state index contributed by atoms with van der Waals surface area (Å²) in [6.45, 7) is 6.53. The van der Waals surface area contributed by atoms with Crippen molar-refractivity contribution in [1.82, 2.24) is 4.90 Å². The van der Waals surface area contributed by atoms with Gasteiger partial charge in [-0.1, -0.05) is 24.3 Å². The SMILES string of the molecule is CCN(CC)c1ccc(C2/C(=C(/O)c3ccc4c(c3)CCO4)C(=O)C(=O)N2Cc2ccc(F)cc2)cc1. The Morgan fingerprint density at radius 1 is 1.03 bits per heavy atom. The van der Waals surface area contributed by atoms with Crippen molar-refractivity contribution in [3.8, 4) is 5.75 Å². The number of fused-ring (bicyclic) bond motifs is 1. The molecule has 1 amide bonds. The van der Waals surface area contributed by atoms with E-state index in [1.54, 1.807) is 24.3 Å². The molecule has 0 bridgehead atoms. The van der Waals surface area contributed by atoms with Gasteiger partial charge in [0.1, 0.15) is 17.3 Å². The molecular formula is C30H29FN2O4. The minimum Gasteiger partial charge on any atom is -0.507 e. The van der Waals surface area contributed by atoms with Gasteiger partial charge >= 0.3 is 0 Å². The number of Topliss-reactive ketones (excluding diaryl/α,β-unsaturated/α-hetero) is 1. The maximum Gasteiger partial charge on any atom is 0.295 e. The molecular weight excluding hydrogens is 471 g/mol. The lowest BCUT2D eigenvalue weighted by molar-refractivity contribution is -0.140. The van der Waals surface area contributed by atoms with E-state index in [0.29, 0.717) is 29.7 Å². The Hall–Kier alpha value is -4.13. The number of anilines is 1. The summed E-state index contributed by atoms with van der Waals surface area (Å²) in [5.74, 6) is -1.28. The Morgan fingerprint density at radius 2 is 1.73 bits per heavy atom. The summed E-state index contributed by atoms with van der Waals surface area (Å²) in [5.41, 5.74) is 3.88. The van der Waals surface area contributed by atoms with Gasteiger partial charge < -0.3 is 19.6 Å². The lowest BCUT2D eigenvalue weighted by Crippen LogP contribution is -2.29. The fourth-order valence-corrected chi connectivity index (χ4v) is 5.12. The fraction of sp³-hybridized carbons (Fsp3) is 0.267. The summed E-state index contributed by atoms with van der Waals surface area (Å²) in [6.07, 6.45) is 0.714. The third-order valence-corrected chi connectivity index (χ3v) is 7.11. The number of likely N-dealkylation sites (tertiary alicyclic amines) is 1. The Bertz CT molecular complexity index is 1360. The maximum atomic E-state index is 13.5. The van der Waals surface area contributed by atoms with Gasteiger partial charge in [0.15, 0.2) is 0 Å². The van der Waals surface area contributed by atoms with E-state index in [1.165, 1.54) is 17.0 Å². The monoisotopic (exact) mass is 500 g/mol. The van der Waals surface area contributed by atoms with Gasteiger partial charge in [0.25, 0.3) is 11.7 Å². The quantitative estimate of drug-likeness (QED) is 0.273. The zero-order chi connectivity index (χ0) is 26.1. The molecule has 5 rings (SSSR count). The standard InChI is InChI=1S/C30H29FN2O4/c1-3-32(4-2)24-12-7-20(8-13-24)27-26(28(34)22-9-14-25-21(17-22)15-16-37-25)29(35)30(36)33(27)18-19-5-10-23(31)11-6-19/h5-14,17,27,34H,3-4,15-16,18H2,1-2H3/b28-26-. The second-order valence-corrected chi connectivity index (χ2v) is 9.24. The zero-order valence-corrected chi connectivity index (χ0v) is 20.9. The molecule has 37 heavy (non-hydrogen) atoms. The van der Waals surface area contributed by atoms with Crippen molar-refractivity contribution in [2.24, 2.45) is 0 Å². The minimum atomic E-state index is -0.791. The molecule has 2 aliphatic heterocycles. The molecule has 2 aliphatic rings. The molecule has 6 nitrogen and oxygen atoms in total. The molecule has 0 aromatic heterocycles. The van der Waals surface area contributed by atoms with Gasteiger partial charge in [-0.15, -0.1) is 0 Å². The fourth-order valence-electron chi connectivity index (χ4n) is 5.12. The predicted octanol–water partition coefficient (Wildman–Crippen LogP) is 5.23. The van der Waals surface area contributed by atoms with Crippen LogP contribution in [0.3, 0.4) is 0 Å². The first-order chi connectivity index (χ1) is 17.9. The van der Waals surface area contributed by atoms with Crippen molar-refractivity contribution in [1.29, 1.82) is 0 Å². The highest BCUT2D eigenvalue weighted by atomic mass is 19.1. The third kappa shape index (κ3) is 4.57. The Balaban J connectivity index is 1.60. The Labute approximate surface area is 215 Å². The van der Waals surface area contributed by atoms with Crippen LogP contribution in [0.15, 0.2) is 72.3 Å². The Kier molecular flexibility index (Phi) is 6.70. The number of rotatable bonds is 7. The number of ketones is 1. The first kappa shape index (κ1) is 24.6. The first-order valence-electron chi connectivity index (χ1n) is 12.5. The lowest BCUT2D eigenvalue weighted by atomic mass is 9.94. The van der Waals surface area contributed by atoms with E-state index >= 15 is 0 Å². The van der Waals surface area contributed by atoms with Crippen LogP contribution in [0.5, 0.6) is 5.75 Å². The summed E-state index contributed by atoms with van der Waals surface area (Å²) in [7, 11) is 0. The van der Waals surface area contributed by atoms with Gasteiger partial charge in [0, 0.05) is 37.3 Å². The smallest absolute Gasteiger partial charge is 0.295 e. The second-order valence-electron chi connectivity index (χ2n) is 9.24. The number of halogens is 1. The van der Waals surface area contributed by atoms with Crippen LogP contribution in [-0.2, 0) is 22.6 Å². The minimum absolute atomic E-state index is 0.0431. The van der Waals surface area contributed by atoms with E-state index in [2.05, 4.69) is 18.7 Å². The zero-order valence-electron chi connectivity index (χ0n) is 20.9. The van der Waals surface area contributed by atoms with Crippen LogP contribution in [0.25, 0.3) is 5.76 Å². The molecule has 0 radical (unpaired) electrons. The van der Waals surface area contributed by atoms with Gasteiger partial charge in [-0.2, -0.15) is 0 Å². The van der Waals surface area contributed by atoms with Gasteiger partial charge in [0.05, 0.1) is 18.2 Å². The van der Waals surface area contributed by atoms with E-state index in [-0.39, 0.29) is 23.7 Å². The highest BCUT2D eigenvalue weighted by Crippen LogP contribution is 2.41. The molecule has 0 saturated carbocycles. The lowest BCUT2D eigenvalue weighted by Gasteiger charge is -2.27.